The van der Waals surface area contributed by atoms with Gasteiger partial charge in [0.2, 0.25) is 0 Å². The summed E-state index contributed by atoms with van der Waals surface area (Å²) >= 11 is 0. The molecule has 0 radical (unpaired) electrons. The zero-order valence-corrected chi connectivity index (χ0v) is 17.4. The van der Waals surface area contributed by atoms with E-state index in [0.717, 1.165) is 38.5 Å². The Balaban J connectivity index is 2.06. The summed E-state index contributed by atoms with van der Waals surface area (Å²) in [6.07, 6.45) is 6.01. The van der Waals surface area contributed by atoms with E-state index in [9.17, 15) is 14.7 Å². The van der Waals surface area contributed by atoms with Crippen LogP contribution in [0.25, 0.3) is 5.57 Å². The fraction of sp³-hybridized carbons (Fsp3) is 0.545. The van der Waals surface area contributed by atoms with Crippen molar-refractivity contribution in [1.82, 2.24) is 9.80 Å². The molecule has 1 saturated carbocycles. The normalized spacial score (nSPS) is 18.3. The van der Waals surface area contributed by atoms with Crippen LogP contribution < -0.4 is 9.47 Å². The number of aliphatic hydroxyl groups is 1. The van der Waals surface area contributed by atoms with Crippen LogP contribution in [0, 0.1) is 0 Å². The first-order valence-electron chi connectivity index (χ1n) is 10.2. The van der Waals surface area contributed by atoms with Crippen LogP contribution in [-0.4, -0.2) is 67.2 Å². The molecule has 1 heterocycles. The average molecular weight is 402 g/mol. The number of methoxy groups -OCH3 is 2. The van der Waals surface area contributed by atoms with Crippen molar-refractivity contribution in [3.63, 3.8) is 0 Å². The molecule has 1 N–H and O–H groups in total. The van der Waals surface area contributed by atoms with Gasteiger partial charge in [-0.3, -0.25) is 14.5 Å². The fourth-order valence-corrected chi connectivity index (χ4v) is 4.25. The number of benzene rings is 1. The van der Waals surface area contributed by atoms with Gasteiger partial charge in [-0.25, -0.2) is 0 Å². The minimum atomic E-state index is -0.275. The molecule has 1 aliphatic carbocycles. The Labute approximate surface area is 171 Å². The zero-order chi connectivity index (χ0) is 21.0. The number of nitrogens with zero attached hydrogens (tertiary/aromatic N) is 2. The Morgan fingerprint density at radius 3 is 2.28 bits per heavy atom. The maximum Gasteiger partial charge on any atom is 0.278 e. The SMILES string of the molecule is COc1ccc(C2=C(N(C)CCO)C(=O)N(C3CCCCCC3)C2=O)cc1OC. The molecule has 1 aliphatic heterocycles. The lowest BCUT2D eigenvalue weighted by Crippen LogP contribution is -2.42. The van der Waals surface area contributed by atoms with Crippen molar-refractivity contribution in [2.75, 3.05) is 34.4 Å². The van der Waals surface area contributed by atoms with Crippen molar-refractivity contribution in [2.45, 2.75) is 44.6 Å². The van der Waals surface area contributed by atoms with Gasteiger partial charge in [0.25, 0.3) is 11.8 Å². The van der Waals surface area contributed by atoms with E-state index in [2.05, 4.69) is 0 Å². The van der Waals surface area contributed by atoms with Gasteiger partial charge < -0.3 is 19.5 Å². The van der Waals surface area contributed by atoms with Gasteiger partial charge in [-0.05, 0) is 30.5 Å². The van der Waals surface area contributed by atoms with E-state index in [0.29, 0.717) is 28.3 Å². The zero-order valence-electron chi connectivity index (χ0n) is 17.4. The van der Waals surface area contributed by atoms with Crippen molar-refractivity contribution in [3.05, 3.63) is 29.5 Å². The van der Waals surface area contributed by atoms with Gasteiger partial charge in [0, 0.05) is 19.6 Å². The first kappa shape index (κ1) is 21.2. The summed E-state index contributed by atoms with van der Waals surface area (Å²) in [6.45, 7) is 0.160. The number of hydrogen-bond donors (Lipinski definition) is 1. The average Bonchev–Trinajstić information content (AvgIpc) is 2.88. The van der Waals surface area contributed by atoms with E-state index in [4.69, 9.17) is 9.47 Å². The van der Waals surface area contributed by atoms with Gasteiger partial charge in [0.15, 0.2) is 11.5 Å². The third-order valence-electron chi connectivity index (χ3n) is 5.77. The molecule has 2 aliphatic rings. The first-order valence-corrected chi connectivity index (χ1v) is 10.2. The highest BCUT2D eigenvalue weighted by molar-refractivity contribution is 6.35. The molecule has 0 atom stereocenters. The second kappa shape index (κ2) is 9.31. The van der Waals surface area contributed by atoms with Crippen LogP contribution in [0.15, 0.2) is 23.9 Å². The van der Waals surface area contributed by atoms with Crippen molar-refractivity contribution in [1.29, 1.82) is 0 Å². The highest BCUT2D eigenvalue weighted by Gasteiger charge is 2.44. The van der Waals surface area contributed by atoms with E-state index >= 15 is 0 Å². The summed E-state index contributed by atoms with van der Waals surface area (Å²) in [5.41, 5.74) is 1.30. The predicted octanol–water partition coefficient (Wildman–Crippen LogP) is 2.43. The molecule has 0 aromatic heterocycles. The van der Waals surface area contributed by atoms with Crippen molar-refractivity contribution >= 4 is 17.4 Å². The standard InChI is InChI=1S/C22H30N2O5/c1-23(12-13-25)20-19(15-10-11-17(28-2)18(14-15)29-3)21(26)24(22(20)27)16-8-6-4-5-7-9-16/h10-11,14,16,25H,4-9,12-13H2,1-3H3. The molecule has 1 aromatic rings. The minimum Gasteiger partial charge on any atom is -0.493 e. The lowest BCUT2D eigenvalue weighted by atomic mass is 10.0. The lowest BCUT2D eigenvalue weighted by Gasteiger charge is -2.26. The van der Waals surface area contributed by atoms with E-state index < -0.39 is 0 Å². The quantitative estimate of drug-likeness (QED) is 0.557. The molecule has 1 aromatic carbocycles. The van der Waals surface area contributed by atoms with Crippen LogP contribution in [0.3, 0.4) is 0 Å². The minimum absolute atomic E-state index is 0.0762. The molecule has 7 nitrogen and oxygen atoms in total. The summed E-state index contributed by atoms with van der Waals surface area (Å²) in [7, 11) is 4.82. The van der Waals surface area contributed by atoms with E-state index in [1.165, 1.54) is 12.0 Å². The number of amides is 2. The summed E-state index contributed by atoms with van der Waals surface area (Å²) in [6, 6.07) is 5.15. The van der Waals surface area contributed by atoms with Crippen LogP contribution >= 0.6 is 0 Å². The maximum absolute atomic E-state index is 13.5. The molecule has 1 fully saturated rings. The molecule has 0 bridgehead atoms. The summed E-state index contributed by atoms with van der Waals surface area (Å²) in [5, 5.41) is 9.40. The number of ether oxygens (including phenoxy) is 2. The summed E-state index contributed by atoms with van der Waals surface area (Å²) in [5.74, 6) is 0.505. The van der Waals surface area contributed by atoms with Crippen molar-refractivity contribution in [2.24, 2.45) is 0 Å². The van der Waals surface area contributed by atoms with Gasteiger partial charge in [-0.2, -0.15) is 0 Å². The number of carbonyl (C=O) groups excluding carboxylic acids is 2. The maximum atomic E-state index is 13.5. The van der Waals surface area contributed by atoms with Crippen LogP contribution in [-0.2, 0) is 9.59 Å². The van der Waals surface area contributed by atoms with Gasteiger partial charge in [0.1, 0.15) is 5.70 Å². The van der Waals surface area contributed by atoms with Crippen molar-refractivity contribution < 1.29 is 24.2 Å². The van der Waals surface area contributed by atoms with E-state index in [-0.39, 0.29) is 31.0 Å². The topological polar surface area (TPSA) is 79.3 Å². The Bertz CT molecular complexity index is 796. The third-order valence-corrected chi connectivity index (χ3v) is 5.77. The molecule has 158 valence electrons. The second-order valence-corrected chi connectivity index (χ2v) is 7.56. The lowest BCUT2D eigenvalue weighted by molar-refractivity contribution is -0.140. The van der Waals surface area contributed by atoms with Gasteiger partial charge in [-0.15, -0.1) is 0 Å². The van der Waals surface area contributed by atoms with Gasteiger partial charge in [-0.1, -0.05) is 31.7 Å². The highest BCUT2D eigenvalue weighted by atomic mass is 16.5. The van der Waals surface area contributed by atoms with E-state index in [1.807, 2.05) is 0 Å². The number of carbonyl (C=O) groups is 2. The molecule has 0 saturated heterocycles. The smallest absolute Gasteiger partial charge is 0.278 e. The van der Waals surface area contributed by atoms with Crippen LogP contribution in [0.2, 0.25) is 0 Å². The van der Waals surface area contributed by atoms with Crippen LogP contribution in [0.4, 0.5) is 0 Å². The van der Waals surface area contributed by atoms with E-state index in [1.54, 1.807) is 37.3 Å². The molecule has 0 unspecified atom stereocenters. The molecule has 2 amide bonds. The Kier molecular flexibility index (Phi) is 6.79. The molecule has 0 spiro atoms. The molecule has 3 rings (SSSR count). The Hall–Kier alpha value is -2.54. The monoisotopic (exact) mass is 402 g/mol. The number of likely N-dealkylation sites (N-methyl/N-ethyl adjacent to an activating group) is 1. The number of imide groups is 1. The Morgan fingerprint density at radius 2 is 1.69 bits per heavy atom. The molecule has 29 heavy (non-hydrogen) atoms. The molecular formula is C22H30N2O5. The summed E-state index contributed by atoms with van der Waals surface area (Å²) in [4.78, 5) is 30.0. The van der Waals surface area contributed by atoms with Gasteiger partial charge >= 0.3 is 0 Å². The predicted molar refractivity (Wildman–Crippen MR) is 110 cm³/mol. The first-order chi connectivity index (χ1) is 14.0. The number of aliphatic hydroxyl groups excluding tert-OH is 1. The Morgan fingerprint density at radius 1 is 1.03 bits per heavy atom. The molecule has 7 heteroatoms. The second-order valence-electron chi connectivity index (χ2n) is 7.56. The number of rotatable bonds is 7. The van der Waals surface area contributed by atoms with Crippen molar-refractivity contribution in [3.8, 4) is 11.5 Å². The fourth-order valence-electron chi connectivity index (χ4n) is 4.25. The molecular weight excluding hydrogens is 372 g/mol. The van der Waals surface area contributed by atoms with Gasteiger partial charge in [0.05, 0.1) is 26.4 Å². The summed E-state index contributed by atoms with van der Waals surface area (Å²) < 4.78 is 10.7. The number of hydrogen-bond acceptors (Lipinski definition) is 6. The van der Waals surface area contributed by atoms with Crippen LogP contribution in [0.1, 0.15) is 44.1 Å². The highest BCUT2D eigenvalue weighted by Crippen LogP contribution is 2.38. The van der Waals surface area contributed by atoms with Crippen LogP contribution in [0.5, 0.6) is 11.5 Å². The third kappa shape index (κ3) is 4.10. The largest absolute Gasteiger partial charge is 0.493 e.